The summed E-state index contributed by atoms with van der Waals surface area (Å²) in [6, 6.07) is 15.7. The van der Waals surface area contributed by atoms with Crippen molar-refractivity contribution >= 4 is 28.0 Å². The summed E-state index contributed by atoms with van der Waals surface area (Å²) in [5, 5.41) is 8.25. The van der Waals surface area contributed by atoms with Crippen LogP contribution in [0.2, 0.25) is 0 Å². The third kappa shape index (κ3) is 3.30. The lowest BCUT2D eigenvalue weighted by molar-refractivity contribution is 0.0690. The van der Waals surface area contributed by atoms with Crippen LogP contribution in [0.1, 0.15) is 48.5 Å². The lowest BCUT2D eigenvalue weighted by Gasteiger charge is -2.32. The van der Waals surface area contributed by atoms with Crippen molar-refractivity contribution < 1.29 is 4.79 Å². The number of fused-ring (bicyclic) bond motifs is 2. The fourth-order valence-corrected chi connectivity index (χ4v) is 4.35. The minimum atomic E-state index is -0.156. The lowest BCUT2D eigenvalue weighted by Crippen LogP contribution is -2.40. The Morgan fingerprint density at radius 1 is 1.00 bits per heavy atom. The quantitative estimate of drug-likeness (QED) is 0.521. The largest absolute Gasteiger partial charge is 0.335 e. The van der Waals surface area contributed by atoms with Gasteiger partial charge in [0, 0.05) is 25.6 Å². The van der Waals surface area contributed by atoms with E-state index >= 15 is 0 Å². The van der Waals surface area contributed by atoms with Gasteiger partial charge in [-0.25, -0.2) is 9.97 Å². The number of aryl methyl sites for hydroxylation is 1. The molecule has 3 heterocycles. The third-order valence-electron chi connectivity index (χ3n) is 5.76. The van der Waals surface area contributed by atoms with E-state index in [2.05, 4.69) is 44.9 Å². The number of carbonyl (C=O) groups excluding carboxylic acids is 1. The molecule has 1 saturated heterocycles. The van der Waals surface area contributed by atoms with Crippen LogP contribution in [0.5, 0.6) is 0 Å². The summed E-state index contributed by atoms with van der Waals surface area (Å²) < 4.78 is 2.32. The van der Waals surface area contributed by atoms with Crippen molar-refractivity contribution in [1.29, 1.82) is 0 Å². The minimum absolute atomic E-state index is 0.156. The van der Waals surface area contributed by atoms with Crippen molar-refractivity contribution in [1.82, 2.24) is 29.6 Å². The molecule has 0 radical (unpaired) electrons. The Balaban J connectivity index is 1.43. The van der Waals surface area contributed by atoms with Crippen LogP contribution >= 0.6 is 0 Å². The standard InChI is InChI=1S/C23H24N6O/c1-2-13-29-20-12-6-5-11-19(20)25-22(29)16-8-7-14-28(15-16)23(30)21-24-17-9-3-4-10-18(17)26-27-21/h3-6,9-12,16H,2,7-8,13-15H2,1H3. The van der Waals surface area contributed by atoms with Crippen LogP contribution in [0.25, 0.3) is 22.1 Å². The maximum absolute atomic E-state index is 13.1. The van der Waals surface area contributed by atoms with Crippen LogP contribution in [-0.4, -0.2) is 48.6 Å². The van der Waals surface area contributed by atoms with Gasteiger partial charge >= 0.3 is 0 Å². The zero-order valence-corrected chi connectivity index (χ0v) is 17.0. The van der Waals surface area contributed by atoms with Gasteiger partial charge in [-0.15, -0.1) is 10.2 Å². The van der Waals surface area contributed by atoms with E-state index in [1.807, 2.05) is 35.2 Å². The Morgan fingerprint density at radius 2 is 1.77 bits per heavy atom. The fourth-order valence-electron chi connectivity index (χ4n) is 4.35. The van der Waals surface area contributed by atoms with Crippen LogP contribution in [-0.2, 0) is 6.54 Å². The highest BCUT2D eigenvalue weighted by Crippen LogP contribution is 2.30. The van der Waals surface area contributed by atoms with E-state index in [9.17, 15) is 4.79 Å². The fraction of sp³-hybridized carbons (Fsp3) is 0.348. The van der Waals surface area contributed by atoms with Crippen molar-refractivity contribution in [2.75, 3.05) is 13.1 Å². The van der Waals surface area contributed by atoms with E-state index in [0.29, 0.717) is 24.1 Å². The molecule has 30 heavy (non-hydrogen) atoms. The molecule has 2 aromatic carbocycles. The van der Waals surface area contributed by atoms with Crippen LogP contribution in [0, 0.1) is 0 Å². The van der Waals surface area contributed by atoms with Gasteiger partial charge in [0.1, 0.15) is 11.3 Å². The van der Waals surface area contributed by atoms with E-state index < -0.39 is 0 Å². The lowest BCUT2D eigenvalue weighted by atomic mass is 9.97. The number of rotatable bonds is 4. The second kappa shape index (κ2) is 7.82. The molecule has 4 aromatic rings. The van der Waals surface area contributed by atoms with Crippen LogP contribution in [0.3, 0.4) is 0 Å². The second-order valence-corrected chi connectivity index (χ2v) is 7.82. The summed E-state index contributed by atoms with van der Waals surface area (Å²) in [4.78, 5) is 24.4. The van der Waals surface area contributed by atoms with Gasteiger partial charge < -0.3 is 9.47 Å². The predicted molar refractivity (Wildman–Crippen MR) is 115 cm³/mol. The van der Waals surface area contributed by atoms with Crippen molar-refractivity contribution in [3.05, 3.63) is 60.2 Å². The summed E-state index contributed by atoms with van der Waals surface area (Å²) in [6.45, 7) is 4.44. The van der Waals surface area contributed by atoms with Crippen LogP contribution < -0.4 is 0 Å². The Hall–Kier alpha value is -3.35. The summed E-state index contributed by atoms with van der Waals surface area (Å²) in [7, 11) is 0. The van der Waals surface area contributed by atoms with Crippen molar-refractivity contribution in [2.45, 2.75) is 38.6 Å². The van der Waals surface area contributed by atoms with E-state index in [0.717, 1.165) is 37.1 Å². The Morgan fingerprint density at radius 3 is 2.60 bits per heavy atom. The highest BCUT2D eigenvalue weighted by Gasteiger charge is 2.30. The molecule has 152 valence electrons. The summed E-state index contributed by atoms with van der Waals surface area (Å²) >= 11 is 0. The SMILES string of the molecule is CCCn1c(C2CCCN(C(=O)c3nnc4ccccc4n3)C2)nc2ccccc21. The average molecular weight is 400 g/mol. The van der Waals surface area contributed by atoms with E-state index in [1.165, 1.54) is 5.52 Å². The van der Waals surface area contributed by atoms with Gasteiger partial charge in [-0.2, -0.15) is 0 Å². The number of hydrogen-bond acceptors (Lipinski definition) is 5. The summed E-state index contributed by atoms with van der Waals surface area (Å²) in [5.41, 5.74) is 3.57. The first kappa shape index (κ1) is 18.7. The smallest absolute Gasteiger partial charge is 0.293 e. The Labute approximate surface area is 174 Å². The molecule has 0 aliphatic carbocycles. The predicted octanol–water partition coefficient (Wildman–Crippen LogP) is 3.80. The summed E-state index contributed by atoms with van der Waals surface area (Å²) in [6.07, 6.45) is 3.00. The van der Waals surface area contributed by atoms with Crippen molar-refractivity contribution in [3.63, 3.8) is 0 Å². The minimum Gasteiger partial charge on any atom is -0.335 e. The average Bonchev–Trinajstić information content (AvgIpc) is 3.17. The molecule has 1 aliphatic heterocycles. The van der Waals surface area contributed by atoms with E-state index in [4.69, 9.17) is 4.98 Å². The van der Waals surface area contributed by atoms with Gasteiger partial charge in [0.05, 0.1) is 16.6 Å². The number of likely N-dealkylation sites (tertiary alicyclic amines) is 1. The molecule has 2 aromatic heterocycles. The maximum atomic E-state index is 13.1. The number of hydrogen-bond donors (Lipinski definition) is 0. The molecule has 1 unspecified atom stereocenters. The van der Waals surface area contributed by atoms with Crippen molar-refractivity contribution in [2.24, 2.45) is 0 Å². The van der Waals surface area contributed by atoms with Crippen LogP contribution in [0.4, 0.5) is 0 Å². The molecular weight excluding hydrogens is 376 g/mol. The Kier molecular flexibility index (Phi) is 4.86. The molecule has 0 N–H and O–H groups in total. The molecule has 1 aliphatic rings. The zero-order chi connectivity index (χ0) is 20.5. The molecular formula is C23H24N6O. The molecule has 0 saturated carbocycles. The molecule has 0 bridgehead atoms. The number of imidazole rings is 1. The van der Waals surface area contributed by atoms with Crippen molar-refractivity contribution in [3.8, 4) is 0 Å². The molecule has 1 atom stereocenters. The van der Waals surface area contributed by atoms with Gasteiger partial charge in [0.25, 0.3) is 5.91 Å². The number of aromatic nitrogens is 5. The molecule has 5 rings (SSSR count). The van der Waals surface area contributed by atoms with Gasteiger partial charge in [0.15, 0.2) is 0 Å². The first-order chi connectivity index (χ1) is 14.7. The number of amides is 1. The first-order valence-electron chi connectivity index (χ1n) is 10.6. The van der Waals surface area contributed by atoms with E-state index in [-0.39, 0.29) is 17.6 Å². The molecule has 7 heteroatoms. The van der Waals surface area contributed by atoms with Gasteiger partial charge in [-0.1, -0.05) is 31.2 Å². The monoisotopic (exact) mass is 400 g/mol. The van der Waals surface area contributed by atoms with E-state index in [1.54, 1.807) is 0 Å². The topological polar surface area (TPSA) is 76.8 Å². The molecule has 1 amide bonds. The number of benzene rings is 2. The Bertz CT molecular complexity index is 1220. The number of nitrogens with zero attached hydrogens (tertiary/aromatic N) is 6. The number of carbonyl (C=O) groups is 1. The molecule has 1 fully saturated rings. The third-order valence-corrected chi connectivity index (χ3v) is 5.76. The normalized spacial score (nSPS) is 17.0. The number of piperidine rings is 1. The number of para-hydroxylation sites is 3. The second-order valence-electron chi connectivity index (χ2n) is 7.82. The first-order valence-corrected chi connectivity index (χ1v) is 10.6. The highest BCUT2D eigenvalue weighted by atomic mass is 16.2. The zero-order valence-electron chi connectivity index (χ0n) is 17.0. The molecule has 0 spiro atoms. The van der Waals surface area contributed by atoms with Crippen LogP contribution in [0.15, 0.2) is 48.5 Å². The van der Waals surface area contributed by atoms with Gasteiger partial charge in [0.2, 0.25) is 5.82 Å². The maximum Gasteiger partial charge on any atom is 0.293 e. The van der Waals surface area contributed by atoms with Gasteiger partial charge in [-0.05, 0) is 43.5 Å². The molecule has 7 nitrogen and oxygen atoms in total. The summed E-state index contributed by atoms with van der Waals surface area (Å²) in [5.74, 6) is 1.29. The highest BCUT2D eigenvalue weighted by molar-refractivity contribution is 5.92. The van der Waals surface area contributed by atoms with Gasteiger partial charge in [-0.3, -0.25) is 4.79 Å².